The Morgan fingerprint density at radius 3 is 2.57 bits per heavy atom. The highest BCUT2D eigenvalue weighted by molar-refractivity contribution is 14.0. The van der Waals surface area contributed by atoms with E-state index in [1.54, 1.807) is 14.2 Å². The zero-order valence-electron chi connectivity index (χ0n) is 16.1. The molecule has 148 valence electrons. The first-order valence-electron chi connectivity index (χ1n) is 8.95. The smallest absolute Gasteiger partial charge is 0.191 e. The van der Waals surface area contributed by atoms with Gasteiger partial charge in [0.25, 0.3) is 0 Å². The lowest BCUT2D eigenvalue weighted by Gasteiger charge is -2.13. The van der Waals surface area contributed by atoms with E-state index in [2.05, 4.69) is 26.9 Å². The van der Waals surface area contributed by atoms with Gasteiger partial charge in [-0.3, -0.25) is 4.99 Å². The molecule has 0 radical (unpaired) electrons. The van der Waals surface area contributed by atoms with Crippen LogP contribution in [-0.2, 0) is 13.0 Å². The maximum Gasteiger partial charge on any atom is 0.191 e. The average Bonchev–Trinajstić information content (AvgIpc) is 3.20. The van der Waals surface area contributed by atoms with Crippen LogP contribution in [0.4, 0.5) is 0 Å². The maximum atomic E-state index is 5.38. The minimum Gasteiger partial charge on any atom is -0.496 e. The third kappa shape index (κ3) is 5.98. The third-order valence-electron chi connectivity index (χ3n) is 4.23. The molecule has 0 saturated carbocycles. The van der Waals surface area contributed by atoms with Crippen molar-refractivity contribution in [3.8, 4) is 11.4 Å². The molecule has 1 aromatic heterocycles. The van der Waals surface area contributed by atoms with E-state index in [0.717, 1.165) is 35.9 Å². The molecular formula is C21H26IN5O. The number of methoxy groups -OCH3 is 1. The molecule has 0 amide bonds. The van der Waals surface area contributed by atoms with Crippen LogP contribution in [0.1, 0.15) is 11.1 Å². The molecule has 0 fully saturated rings. The number of hydrogen-bond acceptors (Lipinski definition) is 3. The fourth-order valence-electron chi connectivity index (χ4n) is 2.78. The van der Waals surface area contributed by atoms with E-state index >= 15 is 0 Å². The van der Waals surface area contributed by atoms with Crippen molar-refractivity contribution in [2.24, 2.45) is 4.99 Å². The highest BCUT2D eigenvalue weighted by Crippen LogP contribution is 2.16. The number of benzene rings is 2. The van der Waals surface area contributed by atoms with Crippen LogP contribution in [0.15, 0.2) is 72.0 Å². The number of nitrogens with one attached hydrogen (secondary N) is 2. The van der Waals surface area contributed by atoms with Crippen LogP contribution in [0.5, 0.6) is 5.75 Å². The Labute approximate surface area is 183 Å². The normalized spacial score (nSPS) is 10.9. The number of hydrogen-bond donors (Lipinski definition) is 2. The molecule has 6 nitrogen and oxygen atoms in total. The molecule has 0 spiro atoms. The molecule has 0 aliphatic heterocycles. The lowest BCUT2D eigenvalue weighted by Crippen LogP contribution is -2.37. The van der Waals surface area contributed by atoms with Crippen molar-refractivity contribution in [1.82, 2.24) is 20.4 Å². The van der Waals surface area contributed by atoms with E-state index in [4.69, 9.17) is 4.74 Å². The predicted molar refractivity (Wildman–Crippen MR) is 124 cm³/mol. The molecule has 28 heavy (non-hydrogen) atoms. The molecule has 7 heteroatoms. The fourth-order valence-corrected chi connectivity index (χ4v) is 2.78. The Kier molecular flexibility index (Phi) is 8.80. The molecule has 3 rings (SSSR count). The second-order valence-electron chi connectivity index (χ2n) is 6.04. The first kappa shape index (κ1) is 21.7. The number of aromatic nitrogens is 2. The molecule has 0 aliphatic rings. The van der Waals surface area contributed by atoms with E-state index in [9.17, 15) is 0 Å². The molecule has 2 N–H and O–H groups in total. The quantitative estimate of drug-likeness (QED) is 0.302. The van der Waals surface area contributed by atoms with Crippen molar-refractivity contribution in [2.75, 3.05) is 20.7 Å². The van der Waals surface area contributed by atoms with Crippen LogP contribution in [0.2, 0.25) is 0 Å². The maximum absolute atomic E-state index is 5.38. The summed E-state index contributed by atoms with van der Waals surface area (Å²) in [6, 6.07) is 18.1. The number of nitrogens with zero attached hydrogens (tertiary/aromatic N) is 3. The lowest BCUT2D eigenvalue weighted by atomic mass is 10.2. The monoisotopic (exact) mass is 491 g/mol. The van der Waals surface area contributed by atoms with Crippen LogP contribution >= 0.6 is 24.0 Å². The number of guanidine groups is 1. The van der Waals surface area contributed by atoms with Gasteiger partial charge < -0.3 is 15.4 Å². The average molecular weight is 491 g/mol. The first-order chi connectivity index (χ1) is 13.3. The zero-order valence-corrected chi connectivity index (χ0v) is 18.5. The highest BCUT2D eigenvalue weighted by atomic mass is 127. The molecule has 0 unspecified atom stereocenters. The number of rotatable bonds is 7. The van der Waals surface area contributed by atoms with Gasteiger partial charge in [-0.2, -0.15) is 5.10 Å². The van der Waals surface area contributed by atoms with Gasteiger partial charge in [0.2, 0.25) is 0 Å². The van der Waals surface area contributed by atoms with Crippen molar-refractivity contribution in [2.45, 2.75) is 13.0 Å². The van der Waals surface area contributed by atoms with Crippen LogP contribution in [0.25, 0.3) is 5.69 Å². The first-order valence-corrected chi connectivity index (χ1v) is 8.95. The molecule has 0 aliphatic carbocycles. The van der Waals surface area contributed by atoms with Gasteiger partial charge in [0.1, 0.15) is 5.75 Å². The lowest BCUT2D eigenvalue weighted by molar-refractivity contribution is 0.409. The van der Waals surface area contributed by atoms with Crippen molar-refractivity contribution < 1.29 is 4.74 Å². The van der Waals surface area contributed by atoms with Crippen LogP contribution in [0, 0.1) is 0 Å². The second kappa shape index (κ2) is 11.3. The van der Waals surface area contributed by atoms with Gasteiger partial charge in [-0.05, 0) is 30.2 Å². The Balaban J connectivity index is 0.00000280. The van der Waals surface area contributed by atoms with E-state index in [1.165, 1.54) is 5.56 Å². The number of ether oxygens (including phenoxy) is 1. The van der Waals surface area contributed by atoms with E-state index < -0.39 is 0 Å². The van der Waals surface area contributed by atoms with Crippen molar-refractivity contribution in [3.63, 3.8) is 0 Å². The van der Waals surface area contributed by atoms with Gasteiger partial charge in [0, 0.05) is 31.9 Å². The van der Waals surface area contributed by atoms with E-state index in [-0.39, 0.29) is 24.0 Å². The van der Waals surface area contributed by atoms with Crippen molar-refractivity contribution in [1.29, 1.82) is 0 Å². The van der Waals surface area contributed by atoms with E-state index in [0.29, 0.717) is 6.54 Å². The largest absolute Gasteiger partial charge is 0.496 e. The SMILES string of the molecule is CN=C(NCCc1cnn(-c2ccccc2)c1)NCc1ccccc1OC.I. The third-order valence-corrected chi connectivity index (χ3v) is 4.23. The summed E-state index contributed by atoms with van der Waals surface area (Å²) in [4.78, 5) is 4.28. The number of para-hydroxylation sites is 2. The Morgan fingerprint density at radius 1 is 1.07 bits per heavy atom. The Hall–Kier alpha value is -2.55. The summed E-state index contributed by atoms with van der Waals surface area (Å²) in [6.07, 6.45) is 4.82. The van der Waals surface area contributed by atoms with Crippen molar-refractivity contribution in [3.05, 3.63) is 78.1 Å². The summed E-state index contributed by atoms with van der Waals surface area (Å²) >= 11 is 0. The van der Waals surface area contributed by atoms with E-state index in [1.807, 2.05) is 65.5 Å². The summed E-state index contributed by atoms with van der Waals surface area (Å²) in [5.41, 5.74) is 3.32. The Morgan fingerprint density at radius 2 is 1.82 bits per heavy atom. The summed E-state index contributed by atoms with van der Waals surface area (Å²) < 4.78 is 7.27. The number of halogens is 1. The summed E-state index contributed by atoms with van der Waals surface area (Å²) in [6.45, 7) is 1.42. The molecule has 0 bridgehead atoms. The van der Waals surface area contributed by atoms with Gasteiger partial charge in [-0.25, -0.2) is 4.68 Å². The molecule has 0 atom stereocenters. The predicted octanol–water partition coefficient (Wildman–Crippen LogP) is 3.41. The summed E-state index contributed by atoms with van der Waals surface area (Å²) in [7, 11) is 3.45. The van der Waals surface area contributed by atoms with Crippen LogP contribution < -0.4 is 15.4 Å². The molecule has 2 aromatic carbocycles. The molecule has 1 heterocycles. The minimum absolute atomic E-state index is 0. The zero-order chi connectivity index (χ0) is 18.9. The minimum atomic E-state index is 0. The van der Waals surface area contributed by atoms with Crippen molar-refractivity contribution >= 4 is 29.9 Å². The topological polar surface area (TPSA) is 63.5 Å². The molecule has 3 aromatic rings. The molecular weight excluding hydrogens is 465 g/mol. The van der Waals surface area contributed by atoms with Crippen LogP contribution in [-0.4, -0.2) is 36.4 Å². The second-order valence-corrected chi connectivity index (χ2v) is 6.04. The summed E-state index contributed by atoms with van der Waals surface area (Å²) in [5, 5.41) is 11.1. The standard InChI is InChI=1S/C21H25N5O.HI/c1-22-21(24-15-18-8-6-7-11-20(18)27-2)23-13-12-17-14-25-26(16-17)19-9-4-3-5-10-19;/h3-11,14,16H,12-13,15H2,1-2H3,(H2,22,23,24);1H. The highest BCUT2D eigenvalue weighted by Gasteiger charge is 2.04. The van der Waals surface area contributed by atoms with Crippen LogP contribution in [0.3, 0.4) is 0 Å². The van der Waals surface area contributed by atoms with Gasteiger partial charge >= 0.3 is 0 Å². The van der Waals surface area contributed by atoms with Gasteiger partial charge in [0.15, 0.2) is 5.96 Å². The molecule has 0 saturated heterocycles. The number of aliphatic imine (C=N–C) groups is 1. The fraction of sp³-hybridized carbons (Fsp3) is 0.238. The van der Waals surface area contributed by atoms with Gasteiger partial charge in [-0.1, -0.05) is 36.4 Å². The Bertz CT molecular complexity index is 879. The summed E-state index contributed by atoms with van der Waals surface area (Å²) in [5.74, 6) is 1.63. The van der Waals surface area contributed by atoms with Gasteiger partial charge in [-0.15, -0.1) is 24.0 Å². The van der Waals surface area contributed by atoms with Gasteiger partial charge in [0.05, 0.1) is 19.0 Å².